The maximum Gasteiger partial charge on any atom is 0.164 e. The van der Waals surface area contributed by atoms with Crippen LogP contribution in [-0.2, 0) is 20.0 Å². The smallest absolute Gasteiger partial charge is 0.164 e. The molecule has 1 N–H and O–H groups in total. The Kier molecular flexibility index (Phi) is 5.02. The van der Waals surface area contributed by atoms with Crippen LogP contribution in [0.5, 0.6) is 0 Å². The fourth-order valence-electron chi connectivity index (χ4n) is 0.384. The first kappa shape index (κ1) is 10.6. The van der Waals surface area contributed by atoms with Crippen molar-refractivity contribution in [3.8, 4) is 0 Å². The normalized spacial score (nSPS) is 18.4. The standard InChI is InChI=1S/C7H10O2S2/c1-2-3-4-5-6-7-11(8,9)10/h2-7H,1H3,(H,8,9,10)/b3-2-,5-4-,7-6+. The third-order valence-corrected chi connectivity index (χ3v) is 1.61. The van der Waals surface area contributed by atoms with E-state index in [4.69, 9.17) is 4.55 Å². The van der Waals surface area contributed by atoms with Gasteiger partial charge in [0, 0.05) is 16.6 Å². The van der Waals surface area contributed by atoms with Crippen molar-refractivity contribution in [1.29, 1.82) is 0 Å². The second-order valence-corrected chi connectivity index (χ2v) is 4.49. The molecule has 0 saturated carbocycles. The second-order valence-electron chi connectivity index (χ2n) is 1.75. The van der Waals surface area contributed by atoms with Crippen molar-refractivity contribution >= 4 is 20.0 Å². The molecule has 0 radical (unpaired) electrons. The summed E-state index contributed by atoms with van der Waals surface area (Å²) in [6.45, 7) is 1.89. The summed E-state index contributed by atoms with van der Waals surface area (Å²) in [5.41, 5.74) is 0. The minimum Gasteiger partial charge on any atom is -0.302 e. The molecule has 0 aliphatic rings. The fraction of sp³-hybridized carbons (Fsp3) is 0.143. The van der Waals surface area contributed by atoms with E-state index in [1.165, 1.54) is 6.08 Å². The first-order chi connectivity index (χ1) is 5.06. The van der Waals surface area contributed by atoms with Crippen molar-refractivity contribution in [3.63, 3.8) is 0 Å². The lowest BCUT2D eigenvalue weighted by molar-refractivity contribution is 0.571. The van der Waals surface area contributed by atoms with Crippen molar-refractivity contribution in [1.82, 2.24) is 0 Å². The SMILES string of the molecule is C\C=C/C=C\C=C\S(=O)(O)=S. The molecule has 0 aliphatic carbocycles. The Morgan fingerprint density at radius 1 is 1.27 bits per heavy atom. The molecule has 0 amide bonds. The average Bonchev–Trinajstić information content (AvgIpc) is 1.85. The van der Waals surface area contributed by atoms with Gasteiger partial charge in [0.1, 0.15) is 0 Å². The molecule has 0 saturated heterocycles. The summed E-state index contributed by atoms with van der Waals surface area (Å²) < 4.78 is 19.0. The van der Waals surface area contributed by atoms with Crippen LogP contribution >= 0.6 is 0 Å². The van der Waals surface area contributed by atoms with Gasteiger partial charge in [-0.3, -0.25) is 0 Å². The van der Waals surface area contributed by atoms with Gasteiger partial charge in [0.15, 0.2) is 8.77 Å². The highest BCUT2D eigenvalue weighted by Crippen LogP contribution is 1.87. The van der Waals surface area contributed by atoms with Gasteiger partial charge in [0.2, 0.25) is 0 Å². The zero-order valence-corrected chi connectivity index (χ0v) is 7.77. The van der Waals surface area contributed by atoms with E-state index >= 15 is 0 Å². The summed E-state index contributed by atoms with van der Waals surface area (Å²) in [7, 11) is -3.13. The monoisotopic (exact) mass is 190 g/mol. The molecule has 11 heavy (non-hydrogen) atoms. The van der Waals surface area contributed by atoms with Crippen LogP contribution in [0.15, 0.2) is 35.8 Å². The Morgan fingerprint density at radius 3 is 2.27 bits per heavy atom. The first-order valence-electron chi connectivity index (χ1n) is 3.00. The highest BCUT2D eigenvalue weighted by Gasteiger charge is 1.85. The van der Waals surface area contributed by atoms with Crippen LogP contribution < -0.4 is 0 Å². The van der Waals surface area contributed by atoms with Gasteiger partial charge in [0.25, 0.3) is 0 Å². The Labute approximate surface area is 71.8 Å². The van der Waals surface area contributed by atoms with E-state index in [0.29, 0.717) is 0 Å². The zero-order valence-electron chi connectivity index (χ0n) is 6.14. The van der Waals surface area contributed by atoms with E-state index in [2.05, 4.69) is 11.2 Å². The fourth-order valence-corrected chi connectivity index (χ4v) is 0.866. The number of hydrogen-bond acceptors (Lipinski definition) is 2. The van der Waals surface area contributed by atoms with Gasteiger partial charge >= 0.3 is 0 Å². The van der Waals surface area contributed by atoms with Gasteiger partial charge in [-0.15, -0.1) is 0 Å². The lowest BCUT2D eigenvalue weighted by Crippen LogP contribution is -1.85. The Balaban J connectivity index is 3.98. The van der Waals surface area contributed by atoms with E-state index in [0.717, 1.165) is 5.41 Å². The van der Waals surface area contributed by atoms with Crippen LogP contribution in [0, 0.1) is 0 Å². The molecule has 0 heterocycles. The molecule has 0 aliphatic heterocycles. The van der Waals surface area contributed by atoms with E-state index in [-0.39, 0.29) is 0 Å². The Hall–Kier alpha value is -0.450. The van der Waals surface area contributed by atoms with Crippen LogP contribution in [-0.4, -0.2) is 8.76 Å². The molecule has 62 valence electrons. The maximum atomic E-state index is 10.5. The Bertz CT molecular complexity index is 271. The highest BCUT2D eigenvalue weighted by atomic mass is 32.8. The number of allylic oxidation sites excluding steroid dienone is 5. The van der Waals surface area contributed by atoms with Gasteiger partial charge in [-0.05, 0) is 6.92 Å². The van der Waals surface area contributed by atoms with Gasteiger partial charge in [-0.1, -0.05) is 30.4 Å². The molecule has 0 aromatic heterocycles. The molecule has 0 bridgehead atoms. The average molecular weight is 190 g/mol. The van der Waals surface area contributed by atoms with Gasteiger partial charge < -0.3 is 4.55 Å². The van der Waals surface area contributed by atoms with Crippen LogP contribution in [0.3, 0.4) is 0 Å². The zero-order chi connectivity index (χ0) is 8.74. The Morgan fingerprint density at radius 2 is 1.82 bits per heavy atom. The maximum absolute atomic E-state index is 10.5. The highest BCUT2D eigenvalue weighted by molar-refractivity contribution is 8.31. The molecule has 0 spiro atoms. The topological polar surface area (TPSA) is 37.3 Å². The third kappa shape index (κ3) is 9.55. The number of rotatable bonds is 3. The predicted octanol–water partition coefficient (Wildman–Crippen LogP) is 1.85. The van der Waals surface area contributed by atoms with E-state index in [1.54, 1.807) is 12.2 Å². The molecule has 2 nitrogen and oxygen atoms in total. The first-order valence-corrected chi connectivity index (χ1v) is 5.50. The summed E-state index contributed by atoms with van der Waals surface area (Å²) in [4.78, 5) is 0. The quantitative estimate of drug-likeness (QED) is 0.690. The van der Waals surface area contributed by atoms with E-state index in [9.17, 15) is 4.21 Å². The summed E-state index contributed by atoms with van der Waals surface area (Å²) in [6, 6.07) is 0. The molecule has 0 rings (SSSR count). The van der Waals surface area contributed by atoms with Crippen molar-refractivity contribution in [3.05, 3.63) is 35.8 Å². The van der Waals surface area contributed by atoms with Crippen molar-refractivity contribution in [2.24, 2.45) is 0 Å². The lowest BCUT2D eigenvalue weighted by Gasteiger charge is -1.82. The molecule has 1 unspecified atom stereocenters. The predicted molar refractivity (Wildman–Crippen MR) is 51.2 cm³/mol. The molecular formula is C7H10O2S2. The van der Waals surface area contributed by atoms with E-state index in [1.807, 2.05) is 19.1 Å². The molecule has 0 aromatic rings. The van der Waals surface area contributed by atoms with E-state index < -0.39 is 8.77 Å². The van der Waals surface area contributed by atoms with Crippen molar-refractivity contribution in [2.45, 2.75) is 6.92 Å². The molecular weight excluding hydrogens is 180 g/mol. The van der Waals surface area contributed by atoms with Crippen molar-refractivity contribution < 1.29 is 8.76 Å². The van der Waals surface area contributed by atoms with Gasteiger partial charge in [-0.2, -0.15) is 0 Å². The molecule has 4 heteroatoms. The lowest BCUT2D eigenvalue weighted by atomic mass is 10.4. The van der Waals surface area contributed by atoms with Crippen LogP contribution in [0.25, 0.3) is 0 Å². The van der Waals surface area contributed by atoms with Crippen LogP contribution in [0.1, 0.15) is 6.92 Å². The summed E-state index contributed by atoms with van der Waals surface area (Å²) in [5, 5.41) is 1.09. The molecule has 0 aromatic carbocycles. The van der Waals surface area contributed by atoms with Gasteiger partial charge in [-0.25, -0.2) is 4.21 Å². The molecule has 1 atom stereocenters. The largest absolute Gasteiger partial charge is 0.302 e. The summed E-state index contributed by atoms with van der Waals surface area (Å²) in [5.74, 6) is 0. The van der Waals surface area contributed by atoms with Gasteiger partial charge in [0.05, 0.1) is 0 Å². The van der Waals surface area contributed by atoms with Crippen molar-refractivity contribution in [2.75, 3.05) is 0 Å². The summed E-state index contributed by atoms with van der Waals surface area (Å²) >= 11 is 4.21. The second kappa shape index (κ2) is 5.23. The third-order valence-electron chi connectivity index (χ3n) is 0.776. The minimum absolute atomic E-state index is 1.09. The summed E-state index contributed by atoms with van der Waals surface area (Å²) in [6.07, 6.45) is 8.51. The minimum atomic E-state index is -3.13. The van der Waals surface area contributed by atoms with Crippen LogP contribution in [0.4, 0.5) is 0 Å². The number of hydrogen-bond donors (Lipinski definition) is 1. The molecule has 0 fully saturated rings. The van der Waals surface area contributed by atoms with Crippen LogP contribution in [0.2, 0.25) is 0 Å².